The summed E-state index contributed by atoms with van der Waals surface area (Å²) in [6.45, 7) is 0. The van der Waals surface area contributed by atoms with Gasteiger partial charge in [-0.15, -0.1) is 0 Å². The topological polar surface area (TPSA) is 66.6 Å². The Bertz CT molecular complexity index is 936. The minimum Gasteiger partial charge on any atom is -0.507 e. The summed E-state index contributed by atoms with van der Waals surface area (Å²) in [5.41, 5.74) is 4.63. The van der Waals surface area contributed by atoms with Gasteiger partial charge in [-0.1, -0.05) is 15.9 Å². The number of phenols is 1. The molecule has 2 N–H and O–H groups in total. The summed E-state index contributed by atoms with van der Waals surface area (Å²) >= 11 is 5.41. The number of nitrogens with one attached hydrogen (secondary N) is 1. The molecule has 3 aromatic rings. The number of hydrogen-bond acceptors (Lipinski definition) is 3. The number of amides is 1. The first-order valence-electron chi connectivity index (χ1n) is 7.30. The van der Waals surface area contributed by atoms with Crippen LogP contribution in [0.3, 0.4) is 0 Å². The summed E-state index contributed by atoms with van der Waals surface area (Å²) in [5, 5.41) is 13.7. The Morgan fingerprint density at radius 3 is 2.68 bits per heavy atom. The van der Waals surface area contributed by atoms with Crippen LogP contribution in [0.1, 0.15) is 16.1 Å². The molecule has 0 saturated heterocycles. The molecule has 0 aliphatic heterocycles. The van der Waals surface area contributed by atoms with Crippen molar-refractivity contribution in [2.45, 2.75) is 0 Å². The molecule has 1 heterocycles. The maximum absolute atomic E-state index is 12.1. The van der Waals surface area contributed by atoms with Crippen molar-refractivity contribution in [2.24, 2.45) is 5.10 Å². The average Bonchev–Trinajstić information content (AvgIpc) is 3.06. The van der Waals surface area contributed by atoms with Gasteiger partial charge in [-0.25, -0.2) is 5.43 Å². The minimum absolute atomic E-state index is 0.0707. The zero-order valence-corrected chi connectivity index (χ0v) is 16.6. The van der Waals surface area contributed by atoms with Crippen molar-refractivity contribution in [1.82, 2.24) is 9.99 Å². The highest BCUT2D eigenvalue weighted by molar-refractivity contribution is 14.1. The van der Waals surface area contributed by atoms with Gasteiger partial charge in [0.25, 0.3) is 5.91 Å². The van der Waals surface area contributed by atoms with Gasteiger partial charge in [0.1, 0.15) is 5.75 Å². The Balaban J connectivity index is 1.73. The largest absolute Gasteiger partial charge is 0.507 e. The van der Waals surface area contributed by atoms with Crippen molar-refractivity contribution < 1.29 is 9.90 Å². The van der Waals surface area contributed by atoms with E-state index in [9.17, 15) is 9.90 Å². The van der Waals surface area contributed by atoms with E-state index < -0.39 is 0 Å². The molecule has 126 valence electrons. The van der Waals surface area contributed by atoms with Crippen molar-refractivity contribution in [2.75, 3.05) is 0 Å². The van der Waals surface area contributed by atoms with Crippen LogP contribution in [0.15, 0.2) is 70.4 Å². The Labute approximate surface area is 166 Å². The molecule has 0 spiro atoms. The number of phenolic OH excluding ortho intramolecular Hbond substituents is 1. The molecule has 0 saturated carbocycles. The summed E-state index contributed by atoms with van der Waals surface area (Å²) in [4.78, 5) is 12.1. The number of carbonyl (C=O) groups is 1. The third kappa shape index (κ3) is 4.29. The number of hydrazone groups is 1. The van der Waals surface area contributed by atoms with Gasteiger partial charge in [-0.05, 0) is 77.2 Å². The van der Waals surface area contributed by atoms with Crippen molar-refractivity contribution >= 4 is 50.6 Å². The average molecular weight is 510 g/mol. The minimum atomic E-state index is -0.385. The number of benzene rings is 2. The Morgan fingerprint density at radius 1 is 1.20 bits per heavy atom. The molecular formula is C18H13BrIN3O2. The quantitative estimate of drug-likeness (QED) is 0.312. The lowest BCUT2D eigenvalue weighted by molar-refractivity contribution is 0.0954. The van der Waals surface area contributed by atoms with Crippen LogP contribution >= 0.6 is 38.5 Å². The van der Waals surface area contributed by atoms with Crippen LogP contribution in [-0.4, -0.2) is 21.8 Å². The predicted octanol–water partition coefficient (Wildman–Crippen LogP) is 4.31. The summed E-state index contributed by atoms with van der Waals surface area (Å²) in [5.74, 6) is -0.314. The first-order valence-corrected chi connectivity index (χ1v) is 9.17. The van der Waals surface area contributed by atoms with E-state index in [-0.39, 0.29) is 11.7 Å². The highest BCUT2D eigenvalue weighted by Crippen LogP contribution is 2.20. The first kappa shape index (κ1) is 17.7. The van der Waals surface area contributed by atoms with Crippen LogP contribution < -0.4 is 5.43 Å². The lowest BCUT2D eigenvalue weighted by atomic mass is 10.2. The number of nitrogens with zero attached hydrogens (tertiary/aromatic N) is 2. The normalized spacial score (nSPS) is 11.0. The maximum Gasteiger partial charge on any atom is 0.271 e. The fourth-order valence-corrected chi connectivity index (χ4v) is 2.81. The van der Waals surface area contributed by atoms with E-state index in [0.717, 1.165) is 15.9 Å². The molecule has 0 bridgehead atoms. The van der Waals surface area contributed by atoms with Gasteiger partial charge in [0.05, 0.1) is 15.5 Å². The Morgan fingerprint density at radius 2 is 1.96 bits per heavy atom. The summed E-state index contributed by atoms with van der Waals surface area (Å²) in [7, 11) is 0. The number of aromatic nitrogens is 1. The number of hydrogen-bond donors (Lipinski definition) is 2. The monoisotopic (exact) mass is 509 g/mol. The molecule has 0 fully saturated rings. The van der Waals surface area contributed by atoms with E-state index in [1.54, 1.807) is 18.3 Å². The van der Waals surface area contributed by atoms with Gasteiger partial charge in [0, 0.05) is 21.9 Å². The zero-order valence-electron chi connectivity index (χ0n) is 12.9. The smallest absolute Gasteiger partial charge is 0.271 e. The fraction of sp³-hybridized carbons (Fsp3) is 0. The molecule has 3 rings (SSSR count). The maximum atomic E-state index is 12.1. The van der Waals surface area contributed by atoms with Crippen molar-refractivity contribution in [3.8, 4) is 11.4 Å². The second-order valence-corrected chi connectivity index (χ2v) is 7.22. The van der Waals surface area contributed by atoms with Crippen LogP contribution in [0.25, 0.3) is 5.69 Å². The van der Waals surface area contributed by atoms with Gasteiger partial charge in [-0.2, -0.15) is 5.10 Å². The third-order valence-electron chi connectivity index (χ3n) is 3.46. The molecule has 0 unspecified atom stereocenters. The molecule has 0 radical (unpaired) electrons. The molecule has 5 nitrogen and oxygen atoms in total. The molecule has 7 heteroatoms. The van der Waals surface area contributed by atoms with Crippen LogP contribution in [0.4, 0.5) is 0 Å². The Hall–Kier alpha value is -2.13. The molecule has 0 aliphatic carbocycles. The van der Waals surface area contributed by atoms with Crippen molar-refractivity contribution in [1.29, 1.82) is 0 Å². The SMILES string of the molecule is O=C(N/N=C\c1cccn1-c1ccc(Br)cc1)c1ccc(I)c(O)c1. The lowest BCUT2D eigenvalue weighted by Gasteiger charge is -2.06. The van der Waals surface area contributed by atoms with Crippen molar-refractivity contribution in [3.05, 3.63) is 80.1 Å². The van der Waals surface area contributed by atoms with Gasteiger partial charge in [0.15, 0.2) is 0 Å². The van der Waals surface area contributed by atoms with E-state index in [1.165, 1.54) is 6.07 Å². The molecule has 2 aromatic carbocycles. The zero-order chi connectivity index (χ0) is 17.8. The summed E-state index contributed by atoms with van der Waals surface area (Å²) in [6, 6.07) is 16.4. The predicted molar refractivity (Wildman–Crippen MR) is 109 cm³/mol. The standard InChI is InChI=1S/C18H13BrIN3O2/c19-13-4-6-14(7-5-13)23-9-1-2-15(23)11-21-22-18(25)12-3-8-16(20)17(24)10-12/h1-11,24H,(H,22,25)/b21-11-. The number of rotatable bonds is 4. The van der Waals surface area contributed by atoms with E-state index >= 15 is 0 Å². The molecule has 1 amide bonds. The second-order valence-electron chi connectivity index (χ2n) is 5.14. The molecule has 25 heavy (non-hydrogen) atoms. The number of carbonyl (C=O) groups excluding carboxylic acids is 1. The third-order valence-corrected chi connectivity index (χ3v) is 4.90. The van der Waals surface area contributed by atoms with Gasteiger partial charge >= 0.3 is 0 Å². The molecular weight excluding hydrogens is 497 g/mol. The van der Waals surface area contributed by atoms with E-state index in [1.807, 2.05) is 69.8 Å². The van der Waals surface area contributed by atoms with E-state index in [2.05, 4.69) is 26.5 Å². The first-order chi connectivity index (χ1) is 12.0. The molecule has 1 aromatic heterocycles. The van der Waals surface area contributed by atoms with Crippen LogP contribution in [-0.2, 0) is 0 Å². The van der Waals surface area contributed by atoms with E-state index in [0.29, 0.717) is 9.13 Å². The highest BCUT2D eigenvalue weighted by Gasteiger charge is 2.07. The number of halogens is 2. The Kier molecular flexibility index (Phi) is 5.54. The van der Waals surface area contributed by atoms with Gasteiger partial charge in [0.2, 0.25) is 0 Å². The van der Waals surface area contributed by atoms with Crippen LogP contribution in [0, 0.1) is 3.57 Å². The molecule has 0 atom stereocenters. The summed E-state index contributed by atoms with van der Waals surface area (Å²) < 4.78 is 3.65. The van der Waals surface area contributed by atoms with Gasteiger partial charge < -0.3 is 9.67 Å². The van der Waals surface area contributed by atoms with Crippen LogP contribution in [0.2, 0.25) is 0 Å². The van der Waals surface area contributed by atoms with Crippen molar-refractivity contribution in [3.63, 3.8) is 0 Å². The van der Waals surface area contributed by atoms with E-state index in [4.69, 9.17) is 0 Å². The van der Waals surface area contributed by atoms with Gasteiger partial charge in [-0.3, -0.25) is 4.79 Å². The highest BCUT2D eigenvalue weighted by atomic mass is 127. The molecule has 0 aliphatic rings. The summed E-state index contributed by atoms with van der Waals surface area (Å²) in [6.07, 6.45) is 3.50. The fourth-order valence-electron chi connectivity index (χ4n) is 2.21. The lowest BCUT2D eigenvalue weighted by Crippen LogP contribution is -2.17. The second kappa shape index (κ2) is 7.83. The van der Waals surface area contributed by atoms with Crippen LogP contribution in [0.5, 0.6) is 5.75 Å². The number of aromatic hydroxyl groups is 1.